The van der Waals surface area contributed by atoms with Gasteiger partial charge in [0.1, 0.15) is 12.2 Å². The third-order valence-corrected chi connectivity index (χ3v) is 4.48. The van der Waals surface area contributed by atoms with E-state index in [9.17, 15) is 4.79 Å². The monoisotopic (exact) mass is 344 g/mol. The summed E-state index contributed by atoms with van der Waals surface area (Å²) < 4.78 is 10.9. The number of anilines is 1. The van der Waals surface area contributed by atoms with Crippen molar-refractivity contribution in [1.82, 2.24) is 15.4 Å². The van der Waals surface area contributed by atoms with Gasteiger partial charge in [-0.05, 0) is 38.8 Å². The van der Waals surface area contributed by atoms with Gasteiger partial charge in [0.25, 0.3) is 0 Å². The maximum absolute atomic E-state index is 12.5. The number of aryl methyl sites for hydroxylation is 2. The molecular formula is C18H24N4O3. The van der Waals surface area contributed by atoms with Crippen molar-refractivity contribution in [2.45, 2.75) is 52.5 Å². The molecule has 0 amide bonds. The third-order valence-electron chi connectivity index (χ3n) is 4.48. The second-order valence-corrected chi connectivity index (χ2v) is 6.78. The number of nitrogens with zero attached hydrogens (tertiary/aromatic N) is 4. The molecule has 1 atom stereocenters. The predicted octanol–water partition coefficient (Wildman–Crippen LogP) is 3.03. The van der Waals surface area contributed by atoms with Crippen LogP contribution < -0.4 is 4.90 Å². The second-order valence-electron chi connectivity index (χ2n) is 6.78. The van der Waals surface area contributed by atoms with Gasteiger partial charge >= 0.3 is 5.97 Å². The molecule has 1 saturated heterocycles. The summed E-state index contributed by atoms with van der Waals surface area (Å²) in [6.07, 6.45) is 2.00. The van der Waals surface area contributed by atoms with Crippen LogP contribution in [0.2, 0.25) is 0 Å². The first kappa shape index (κ1) is 17.4. The summed E-state index contributed by atoms with van der Waals surface area (Å²) >= 11 is 0. The molecular weight excluding hydrogens is 320 g/mol. The zero-order valence-corrected chi connectivity index (χ0v) is 15.2. The standard InChI is InChI=1S/C18H24N4O3/c1-11(2)17-16(13(4)21-25-17)18(23)24-10-14-6-5-9-22(14)15-8-7-12(3)19-20-15/h7-8,11,14H,5-6,9-10H2,1-4H3/t14-/m1/s1. The van der Waals surface area contributed by atoms with Crippen molar-refractivity contribution in [3.63, 3.8) is 0 Å². The average molecular weight is 344 g/mol. The van der Waals surface area contributed by atoms with E-state index in [0.29, 0.717) is 23.6 Å². The van der Waals surface area contributed by atoms with Crippen molar-refractivity contribution >= 4 is 11.8 Å². The van der Waals surface area contributed by atoms with E-state index in [2.05, 4.69) is 20.3 Å². The molecule has 0 unspecified atom stereocenters. The fourth-order valence-corrected chi connectivity index (χ4v) is 3.13. The van der Waals surface area contributed by atoms with Crippen LogP contribution in [0.15, 0.2) is 16.7 Å². The number of rotatable bonds is 5. The van der Waals surface area contributed by atoms with Crippen molar-refractivity contribution < 1.29 is 14.1 Å². The number of hydrogen-bond donors (Lipinski definition) is 0. The molecule has 134 valence electrons. The van der Waals surface area contributed by atoms with E-state index >= 15 is 0 Å². The SMILES string of the molecule is Cc1ccc(N2CCC[C@@H]2COC(=O)c2c(C)noc2C(C)C)nn1. The summed E-state index contributed by atoms with van der Waals surface area (Å²) in [5.74, 6) is 1.11. The highest BCUT2D eigenvalue weighted by molar-refractivity contribution is 5.91. The molecule has 0 bridgehead atoms. The lowest BCUT2D eigenvalue weighted by atomic mass is 10.1. The van der Waals surface area contributed by atoms with Crippen LogP contribution in [0, 0.1) is 13.8 Å². The van der Waals surface area contributed by atoms with Crippen molar-refractivity contribution in [3.05, 3.63) is 34.8 Å². The predicted molar refractivity (Wildman–Crippen MR) is 92.7 cm³/mol. The highest BCUT2D eigenvalue weighted by atomic mass is 16.5. The van der Waals surface area contributed by atoms with Crippen LogP contribution in [-0.2, 0) is 4.74 Å². The van der Waals surface area contributed by atoms with Gasteiger partial charge in [-0.2, -0.15) is 5.10 Å². The molecule has 7 nitrogen and oxygen atoms in total. The summed E-state index contributed by atoms with van der Waals surface area (Å²) in [6, 6.07) is 4.02. The topological polar surface area (TPSA) is 81.4 Å². The Morgan fingerprint density at radius 2 is 2.16 bits per heavy atom. The quantitative estimate of drug-likeness (QED) is 0.771. The van der Waals surface area contributed by atoms with Crippen molar-refractivity contribution in [2.24, 2.45) is 0 Å². The maximum atomic E-state index is 12.5. The lowest BCUT2D eigenvalue weighted by molar-refractivity contribution is 0.0478. The molecule has 0 saturated carbocycles. The number of aromatic nitrogens is 3. The Morgan fingerprint density at radius 1 is 1.36 bits per heavy atom. The summed E-state index contributed by atoms with van der Waals surface area (Å²) in [5.41, 5.74) is 1.91. The normalized spacial score (nSPS) is 17.3. The van der Waals surface area contributed by atoms with Crippen LogP contribution in [0.1, 0.15) is 60.1 Å². The van der Waals surface area contributed by atoms with Gasteiger partial charge in [0.05, 0.1) is 17.4 Å². The molecule has 2 aromatic heterocycles. The minimum atomic E-state index is -0.371. The molecule has 0 aliphatic carbocycles. The first-order chi connectivity index (χ1) is 12.0. The Bertz CT molecular complexity index is 739. The number of esters is 1. The van der Waals surface area contributed by atoms with Crippen molar-refractivity contribution in [2.75, 3.05) is 18.1 Å². The highest BCUT2D eigenvalue weighted by Crippen LogP contribution is 2.26. The molecule has 0 spiro atoms. The molecule has 1 aliphatic heterocycles. The second kappa shape index (κ2) is 7.21. The molecule has 25 heavy (non-hydrogen) atoms. The van der Waals surface area contributed by atoms with E-state index in [1.54, 1.807) is 6.92 Å². The zero-order valence-electron chi connectivity index (χ0n) is 15.2. The van der Waals surface area contributed by atoms with Crippen LogP contribution in [-0.4, -0.2) is 40.5 Å². The van der Waals surface area contributed by atoms with E-state index < -0.39 is 0 Å². The first-order valence-corrected chi connectivity index (χ1v) is 8.67. The highest BCUT2D eigenvalue weighted by Gasteiger charge is 2.29. The molecule has 0 radical (unpaired) electrons. The fourth-order valence-electron chi connectivity index (χ4n) is 3.13. The molecule has 3 rings (SSSR count). The van der Waals surface area contributed by atoms with Gasteiger partial charge in [0.15, 0.2) is 11.6 Å². The average Bonchev–Trinajstić information content (AvgIpc) is 3.20. The summed E-state index contributed by atoms with van der Waals surface area (Å²) in [6.45, 7) is 8.81. The van der Waals surface area contributed by atoms with Crippen LogP contribution in [0.4, 0.5) is 5.82 Å². The number of carbonyl (C=O) groups is 1. The van der Waals surface area contributed by atoms with E-state index in [1.165, 1.54) is 0 Å². The van der Waals surface area contributed by atoms with Gasteiger partial charge in [-0.3, -0.25) is 0 Å². The number of ether oxygens (including phenoxy) is 1. The Morgan fingerprint density at radius 3 is 2.84 bits per heavy atom. The lowest BCUT2D eigenvalue weighted by Gasteiger charge is -2.24. The third kappa shape index (κ3) is 3.65. The van der Waals surface area contributed by atoms with Crippen LogP contribution in [0.25, 0.3) is 0 Å². The molecule has 1 fully saturated rings. The fraction of sp³-hybridized carbons (Fsp3) is 0.556. The van der Waals surface area contributed by atoms with Crippen LogP contribution >= 0.6 is 0 Å². The summed E-state index contributed by atoms with van der Waals surface area (Å²) in [7, 11) is 0. The van der Waals surface area contributed by atoms with Crippen molar-refractivity contribution in [1.29, 1.82) is 0 Å². The Kier molecular flexibility index (Phi) is 5.01. The van der Waals surface area contributed by atoms with Crippen molar-refractivity contribution in [3.8, 4) is 0 Å². The van der Waals surface area contributed by atoms with Crippen LogP contribution in [0.5, 0.6) is 0 Å². The van der Waals surface area contributed by atoms with E-state index in [1.807, 2.05) is 32.9 Å². The van der Waals surface area contributed by atoms with Gasteiger partial charge in [-0.25, -0.2) is 4.79 Å². The molecule has 0 aromatic carbocycles. The van der Waals surface area contributed by atoms with Gasteiger partial charge < -0.3 is 14.2 Å². The van der Waals surface area contributed by atoms with Gasteiger partial charge in [0, 0.05) is 12.5 Å². The first-order valence-electron chi connectivity index (χ1n) is 8.67. The molecule has 2 aromatic rings. The van der Waals surface area contributed by atoms with Gasteiger partial charge in [0.2, 0.25) is 0 Å². The summed E-state index contributed by atoms with van der Waals surface area (Å²) in [4.78, 5) is 14.7. The Hall–Kier alpha value is -2.44. The minimum absolute atomic E-state index is 0.0783. The zero-order chi connectivity index (χ0) is 18.0. The molecule has 7 heteroatoms. The smallest absolute Gasteiger partial charge is 0.343 e. The van der Waals surface area contributed by atoms with Crippen LogP contribution in [0.3, 0.4) is 0 Å². The summed E-state index contributed by atoms with van der Waals surface area (Å²) in [5, 5.41) is 12.3. The number of hydrogen-bond acceptors (Lipinski definition) is 7. The van der Waals surface area contributed by atoms with E-state index in [4.69, 9.17) is 9.26 Å². The van der Waals surface area contributed by atoms with E-state index in [0.717, 1.165) is 30.9 Å². The molecule has 1 aliphatic rings. The Balaban J connectivity index is 1.67. The van der Waals surface area contributed by atoms with E-state index in [-0.39, 0.29) is 17.9 Å². The molecule has 0 N–H and O–H groups in total. The van der Waals surface area contributed by atoms with Gasteiger partial charge in [-0.1, -0.05) is 19.0 Å². The maximum Gasteiger partial charge on any atom is 0.343 e. The number of carbonyl (C=O) groups excluding carboxylic acids is 1. The lowest BCUT2D eigenvalue weighted by Crippen LogP contribution is -2.34. The van der Waals surface area contributed by atoms with Gasteiger partial charge in [-0.15, -0.1) is 5.10 Å². The molecule has 3 heterocycles. The Labute approximate surface area is 147 Å². The largest absolute Gasteiger partial charge is 0.460 e. The minimum Gasteiger partial charge on any atom is -0.460 e.